The minimum absolute atomic E-state index is 0.0395. The van der Waals surface area contributed by atoms with E-state index in [9.17, 15) is 14.4 Å². The molecule has 2 aromatic carbocycles. The van der Waals surface area contributed by atoms with Gasteiger partial charge in [0.25, 0.3) is 5.91 Å². The lowest BCUT2D eigenvalue weighted by Gasteiger charge is -2.32. The van der Waals surface area contributed by atoms with Crippen LogP contribution in [0.2, 0.25) is 5.02 Å². The zero-order chi connectivity index (χ0) is 19.6. The molecule has 0 saturated heterocycles. The lowest BCUT2D eigenvalue weighted by atomic mass is 10.1. The van der Waals surface area contributed by atoms with Crippen LogP contribution < -0.4 is 15.0 Å². The third-order valence-corrected chi connectivity index (χ3v) is 4.45. The van der Waals surface area contributed by atoms with Gasteiger partial charge in [0.15, 0.2) is 6.10 Å². The topological polar surface area (TPSA) is 95.9 Å². The largest absolute Gasteiger partial charge is 0.479 e. The maximum atomic E-state index is 12.4. The van der Waals surface area contributed by atoms with Gasteiger partial charge in [-0.1, -0.05) is 23.7 Å². The van der Waals surface area contributed by atoms with E-state index in [0.717, 1.165) is 0 Å². The van der Waals surface area contributed by atoms with Gasteiger partial charge in [-0.25, -0.2) is 4.79 Å². The molecule has 8 heteroatoms. The highest BCUT2D eigenvalue weighted by Gasteiger charge is 2.31. The number of hydrogen-bond donors (Lipinski definition) is 2. The summed E-state index contributed by atoms with van der Waals surface area (Å²) < 4.78 is 5.56. The van der Waals surface area contributed by atoms with Crippen LogP contribution in [0.3, 0.4) is 0 Å². The van der Waals surface area contributed by atoms with Crippen molar-refractivity contribution in [2.75, 3.05) is 16.8 Å². The summed E-state index contributed by atoms with van der Waals surface area (Å²) in [5.41, 5.74) is 0.845. The normalized spacial score (nSPS) is 15.7. The number of anilines is 2. The van der Waals surface area contributed by atoms with E-state index in [2.05, 4.69) is 5.32 Å². The first-order valence-electron chi connectivity index (χ1n) is 8.26. The van der Waals surface area contributed by atoms with Crippen molar-refractivity contribution in [2.45, 2.75) is 19.4 Å². The molecule has 0 aromatic heterocycles. The van der Waals surface area contributed by atoms with E-state index in [4.69, 9.17) is 21.4 Å². The minimum atomic E-state index is -1.18. The second-order valence-corrected chi connectivity index (χ2v) is 6.42. The summed E-state index contributed by atoms with van der Waals surface area (Å²) in [6.45, 7) is 1.83. The van der Waals surface area contributed by atoms with Gasteiger partial charge in [0.2, 0.25) is 5.91 Å². The number of carboxylic acid groups (broad SMARTS) is 1. The molecular weight excluding hydrogens is 372 g/mol. The molecule has 27 heavy (non-hydrogen) atoms. The molecule has 0 fully saturated rings. The van der Waals surface area contributed by atoms with Crippen LogP contribution in [0.25, 0.3) is 0 Å². The van der Waals surface area contributed by atoms with Crippen LogP contribution in [0.15, 0.2) is 42.5 Å². The third-order valence-electron chi connectivity index (χ3n) is 4.12. The molecule has 0 saturated carbocycles. The standard InChI is InChI=1S/C19H17ClN2O5/c1-11-18(24)22(15-4-2-3-5-16(15)27-11)9-8-17(23)21-12-6-7-14(20)13(10-12)19(25)26/h2-7,10-11H,8-9H2,1H3,(H,21,23)(H,25,26). The van der Waals surface area contributed by atoms with Gasteiger partial charge in [-0.3, -0.25) is 9.59 Å². The van der Waals surface area contributed by atoms with Gasteiger partial charge >= 0.3 is 5.97 Å². The molecule has 7 nitrogen and oxygen atoms in total. The molecule has 140 valence electrons. The molecule has 1 aliphatic rings. The summed E-state index contributed by atoms with van der Waals surface area (Å²) in [6.07, 6.45) is -0.588. The molecule has 1 unspecified atom stereocenters. The quantitative estimate of drug-likeness (QED) is 0.820. The first-order chi connectivity index (χ1) is 12.9. The number of carbonyl (C=O) groups is 3. The molecule has 0 aliphatic carbocycles. The monoisotopic (exact) mass is 388 g/mol. The second-order valence-electron chi connectivity index (χ2n) is 6.02. The fourth-order valence-corrected chi connectivity index (χ4v) is 2.99. The summed E-state index contributed by atoms with van der Waals surface area (Å²) in [4.78, 5) is 37.3. The van der Waals surface area contributed by atoms with Crippen molar-refractivity contribution in [3.63, 3.8) is 0 Å². The number of nitrogens with zero attached hydrogens (tertiary/aromatic N) is 1. The molecule has 1 aliphatic heterocycles. The average Bonchev–Trinajstić information content (AvgIpc) is 2.63. The van der Waals surface area contributed by atoms with Gasteiger partial charge in [-0.15, -0.1) is 0 Å². The van der Waals surface area contributed by atoms with Crippen LogP contribution in [-0.2, 0) is 9.59 Å². The van der Waals surface area contributed by atoms with E-state index in [1.54, 1.807) is 25.1 Å². The lowest BCUT2D eigenvalue weighted by molar-refractivity contribution is -0.125. The van der Waals surface area contributed by atoms with Crippen LogP contribution >= 0.6 is 11.6 Å². The average molecular weight is 389 g/mol. The van der Waals surface area contributed by atoms with E-state index in [-0.39, 0.29) is 35.4 Å². The van der Waals surface area contributed by atoms with Crippen molar-refractivity contribution in [2.24, 2.45) is 0 Å². The number of carboxylic acids is 1. The van der Waals surface area contributed by atoms with Crippen molar-refractivity contribution in [3.05, 3.63) is 53.1 Å². The summed E-state index contributed by atoms with van der Waals surface area (Å²) >= 11 is 5.82. The summed E-state index contributed by atoms with van der Waals surface area (Å²) in [7, 11) is 0. The van der Waals surface area contributed by atoms with Gasteiger partial charge in [-0.05, 0) is 37.3 Å². The highest BCUT2D eigenvalue weighted by atomic mass is 35.5. The number of halogens is 1. The number of aromatic carboxylic acids is 1. The second kappa shape index (κ2) is 7.67. The summed E-state index contributed by atoms with van der Waals surface area (Å²) in [5.74, 6) is -1.16. The first-order valence-corrected chi connectivity index (χ1v) is 8.64. The Balaban J connectivity index is 1.68. The summed E-state index contributed by atoms with van der Waals surface area (Å²) in [5, 5.41) is 11.8. The van der Waals surface area contributed by atoms with Crippen molar-refractivity contribution >= 4 is 40.8 Å². The van der Waals surface area contributed by atoms with Crippen LogP contribution in [0.5, 0.6) is 5.75 Å². The van der Waals surface area contributed by atoms with Crippen LogP contribution in [0.4, 0.5) is 11.4 Å². The fraction of sp³-hybridized carbons (Fsp3) is 0.211. The SMILES string of the molecule is CC1Oc2ccccc2N(CCC(=O)Nc2ccc(Cl)c(C(=O)O)c2)C1=O. The van der Waals surface area contributed by atoms with E-state index in [0.29, 0.717) is 17.1 Å². The lowest BCUT2D eigenvalue weighted by Crippen LogP contribution is -2.45. The Labute approximate surface area is 160 Å². The smallest absolute Gasteiger partial charge is 0.337 e. The minimum Gasteiger partial charge on any atom is -0.479 e. The molecule has 1 heterocycles. The molecular formula is C19H17ClN2O5. The van der Waals surface area contributed by atoms with Gasteiger partial charge < -0.3 is 20.1 Å². The molecule has 1 atom stereocenters. The van der Waals surface area contributed by atoms with Crippen molar-refractivity contribution in [1.29, 1.82) is 0 Å². The zero-order valence-electron chi connectivity index (χ0n) is 14.4. The Morgan fingerprint density at radius 2 is 2.00 bits per heavy atom. The number of amides is 2. The Morgan fingerprint density at radius 1 is 1.26 bits per heavy atom. The van der Waals surface area contributed by atoms with E-state index >= 15 is 0 Å². The number of para-hydroxylation sites is 2. The maximum Gasteiger partial charge on any atom is 0.337 e. The van der Waals surface area contributed by atoms with Crippen molar-refractivity contribution < 1.29 is 24.2 Å². The van der Waals surface area contributed by atoms with E-state index < -0.39 is 12.1 Å². The molecule has 0 radical (unpaired) electrons. The number of benzene rings is 2. The van der Waals surface area contributed by atoms with Crippen LogP contribution in [0, 0.1) is 0 Å². The Morgan fingerprint density at radius 3 is 2.74 bits per heavy atom. The highest BCUT2D eigenvalue weighted by Crippen LogP contribution is 2.33. The molecule has 3 rings (SSSR count). The summed E-state index contributed by atoms with van der Waals surface area (Å²) in [6, 6.07) is 11.3. The number of fused-ring (bicyclic) bond motifs is 1. The number of nitrogens with one attached hydrogen (secondary N) is 1. The van der Waals surface area contributed by atoms with Gasteiger partial charge in [0, 0.05) is 18.7 Å². The fourth-order valence-electron chi connectivity index (χ4n) is 2.79. The third kappa shape index (κ3) is 4.03. The van der Waals surface area contributed by atoms with E-state index in [1.165, 1.54) is 23.1 Å². The van der Waals surface area contributed by atoms with Crippen molar-refractivity contribution in [3.8, 4) is 5.75 Å². The number of hydrogen-bond acceptors (Lipinski definition) is 4. The molecule has 2 N–H and O–H groups in total. The first kappa shape index (κ1) is 18.7. The van der Waals surface area contributed by atoms with Gasteiger partial charge in [-0.2, -0.15) is 0 Å². The Kier molecular flexibility index (Phi) is 5.32. The van der Waals surface area contributed by atoms with Gasteiger partial charge in [0.1, 0.15) is 5.75 Å². The maximum absolute atomic E-state index is 12.4. The predicted molar refractivity (Wildman–Crippen MR) is 101 cm³/mol. The van der Waals surface area contributed by atoms with Crippen LogP contribution in [0.1, 0.15) is 23.7 Å². The van der Waals surface area contributed by atoms with E-state index in [1.807, 2.05) is 6.07 Å². The van der Waals surface area contributed by atoms with Crippen molar-refractivity contribution in [1.82, 2.24) is 0 Å². The predicted octanol–water partition coefficient (Wildman–Crippen LogP) is 3.18. The molecule has 0 bridgehead atoms. The van der Waals surface area contributed by atoms with Gasteiger partial charge in [0.05, 0.1) is 16.3 Å². The number of rotatable bonds is 5. The number of carbonyl (C=O) groups excluding carboxylic acids is 2. The molecule has 2 aromatic rings. The Bertz CT molecular complexity index is 915. The molecule has 0 spiro atoms. The zero-order valence-corrected chi connectivity index (χ0v) is 15.2. The Hall–Kier alpha value is -3.06. The van der Waals surface area contributed by atoms with Crippen LogP contribution in [-0.4, -0.2) is 35.5 Å². The highest BCUT2D eigenvalue weighted by molar-refractivity contribution is 6.33. The number of ether oxygens (including phenoxy) is 1. The molecule has 2 amide bonds.